The van der Waals surface area contributed by atoms with E-state index < -0.39 is 18.7 Å². The predicted molar refractivity (Wildman–Crippen MR) is 95.9 cm³/mol. The third-order valence-electron chi connectivity index (χ3n) is 5.97. The van der Waals surface area contributed by atoms with Crippen molar-refractivity contribution in [2.24, 2.45) is 11.7 Å². The lowest BCUT2D eigenvalue weighted by molar-refractivity contribution is -0.187. The molecule has 10 heteroatoms. The molecule has 28 heavy (non-hydrogen) atoms. The van der Waals surface area contributed by atoms with Crippen LogP contribution in [-0.2, 0) is 4.74 Å². The Morgan fingerprint density at radius 3 is 2.46 bits per heavy atom. The fourth-order valence-corrected chi connectivity index (χ4v) is 4.38. The second-order valence-corrected chi connectivity index (χ2v) is 8.25. The Bertz CT molecular complexity index is 732. The number of anilines is 2. The van der Waals surface area contributed by atoms with Gasteiger partial charge in [0.15, 0.2) is 0 Å². The number of aromatic nitrogens is 2. The highest BCUT2D eigenvalue weighted by Crippen LogP contribution is 2.58. The molecule has 1 amide bonds. The average Bonchev–Trinajstić information content (AvgIpc) is 2.56. The first-order chi connectivity index (χ1) is 13.2. The van der Waals surface area contributed by atoms with E-state index in [-0.39, 0.29) is 23.2 Å². The predicted octanol–water partition coefficient (Wildman–Crippen LogP) is 2.84. The van der Waals surface area contributed by atoms with Gasteiger partial charge in [-0.25, -0.2) is 4.98 Å². The minimum atomic E-state index is -4.30. The van der Waals surface area contributed by atoms with Crippen molar-refractivity contribution in [3.05, 3.63) is 11.8 Å². The van der Waals surface area contributed by atoms with Crippen LogP contribution in [0.15, 0.2) is 6.20 Å². The lowest BCUT2D eigenvalue weighted by Crippen LogP contribution is -2.63. The number of ether oxygens (including phenoxy) is 1. The molecule has 0 atom stereocenters. The van der Waals surface area contributed by atoms with E-state index in [2.05, 4.69) is 20.6 Å². The van der Waals surface area contributed by atoms with Gasteiger partial charge < -0.3 is 21.1 Å². The zero-order valence-electron chi connectivity index (χ0n) is 15.4. The quantitative estimate of drug-likeness (QED) is 0.652. The number of primary amides is 1. The monoisotopic (exact) mass is 399 g/mol. The maximum absolute atomic E-state index is 12.3. The highest BCUT2D eigenvalue weighted by Gasteiger charge is 2.57. The van der Waals surface area contributed by atoms with E-state index >= 15 is 0 Å². The molecule has 0 unspecified atom stereocenters. The maximum atomic E-state index is 12.3. The first-order valence-corrected chi connectivity index (χ1v) is 9.61. The largest absolute Gasteiger partial charge is 0.411 e. The molecule has 2 bridgehead atoms. The van der Waals surface area contributed by atoms with Crippen LogP contribution < -0.4 is 16.4 Å². The van der Waals surface area contributed by atoms with Crippen molar-refractivity contribution >= 4 is 17.7 Å². The van der Waals surface area contributed by atoms with Crippen LogP contribution in [0, 0.1) is 5.92 Å². The fraction of sp³-hybridized carbons (Fsp3) is 0.722. The van der Waals surface area contributed by atoms with E-state index in [1.165, 1.54) is 6.20 Å². The Morgan fingerprint density at radius 1 is 1.25 bits per heavy atom. The molecule has 4 N–H and O–H groups in total. The molecule has 154 valence electrons. The number of carbonyl (C=O) groups is 1. The van der Waals surface area contributed by atoms with Crippen molar-refractivity contribution in [3.8, 4) is 0 Å². The van der Waals surface area contributed by atoms with Crippen LogP contribution in [-0.4, -0.2) is 46.3 Å². The van der Waals surface area contributed by atoms with Crippen molar-refractivity contribution < 1.29 is 22.7 Å². The van der Waals surface area contributed by atoms with Gasteiger partial charge in [0, 0.05) is 17.8 Å². The van der Waals surface area contributed by atoms with Gasteiger partial charge in [-0.3, -0.25) is 4.79 Å². The van der Waals surface area contributed by atoms with Crippen molar-refractivity contribution in [3.63, 3.8) is 0 Å². The summed E-state index contributed by atoms with van der Waals surface area (Å²) in [6.07, 6.45) is 2.42. The fourth-order valence-electron chi connectivity index (χ4n) is 4.38. The Kier molecular flexibility index (Phi) is 4.84. The first-order valence-electron chi connectivity index (χ1n) is 9.61. The summed E-state index contributed by atoms with van der Waals surface area (Å²) in [6.45, 7) is -1.20. The van der Waals surface area contributed by atoms with Crippen LogP contribution in [0.3, 0.4) is 0 Å². The molecule has 7 nitrogen and oxygen atoms in total. The van der Waals surface area contributed by atoms with Gasteiger partial charge >= 0.3 is 6.18 Å². The molecule has 5 rings (SSSR count). The summed E-state index contributed by atoms with van der Waals surface area (Å²) in [5.74, 6) is 1.03. The van der Waals surface area contributed by atoms with Gasteiger partial charge in [0.25, 0.3) is 5.91 Å². The third kappa shape index (κ3) is 4.16. The van der Waals surface area contributed by atoms with Gasteiger partial charge in [0.1, 0.15) is 12.4 Å². The minimum Gasteiger partial charge on any atom is -0.369 e. The van der Waals surface area contributed by atoms with E-state index in [0.29, 0.717) is 37.4 Å². The lowest BCUT2D eigenvalue weighted by Gasteiger charge is -2.62. The van der Waals surface area contributed by atoms with Gasteiger partial charge in [-0.1, -0.05) is 0 Å². The summed E-state index contributed by atoms with van der Waals surface area (Å²) in [5.41, 5.74) is 5.74. The van der Waals surface area contributed by atoms with Gasteiger partial charge in [-0.15, -0.1) is 0 Å². The summed E-state index contributed by atoms with van der Waals surface area (Å²) >= 11 is 0. The lowest BCUT2D eigenvalue weighted by atomic mass is 9.50. The zero-order chi connectivity index (χ0) is 19.9. The van der Waals surface area contributed by atoms with Gasteiger partial charge in [-0.2, -0.15) is 18.2 Å². The van der Waals surface area contributed by atoms with Gasteiger partial charge in [0.05, 0.1) is 11.7 Å². The van der Waals surface area contributed by atoms with Crippen LogP contribution in [0.2, 0.25) is 0 Å². The minimum absolute atomic E-state index is 0.0361. The second-order valence-electron chi connectivity index (χ2n) is 8.25. The standard InChI is InChI=1S/C18H24F3N5O2/c19-18(20,21)9-28-12-3-1-11(2-4-12)24-16-23-8-13(14(22)27)15(25-16)26-17-5-10(6-17)7-17/h8,10-12H,1-7,9H2,(H2,22,27)(H2,23,24,25,26)/t10?,11-,12-,17?. The summed E-state index contributed by atoms with van der Waals surface area (Å²) in [4.78, 5) is 20.3. The van der Waals surface area contributed by atoms with Crippen LogP contribution in [0.5, 0.6) is 0 Å². The van der Waals surface area contributed by atoms with Gasteiger partial charge in [0.2, 0.25) is 5.95 Å². The highest BCUT2D eigenvalue weighted by molar-refractivity contribution is 5.97. The molecule has 0 spiro atoms. The van der Waals surface area contributed by atoms with Crippen LogP contribution in [0.1, 0.15) is 55.3 Å². The molecule has 0 aromatic carbocycles. The smallest absolute Gasteiger partial charge is 0.369 e. The van der Waals surface area contributed by atoms with Crippen molar-refractivity contribution in [1.29, 1.82) is 0 Å². The Morgan fingerprint density at radius 2 is 1.93 bits per heavy atom. The summed E-state index contributed by atoms with van der Waals surface area (Å²) in [7, 11) is 0. The molecule has 1 aromatic heterocycles. The first kappa shape index (κ1) is 19.2. The normalized spacial score (nSPS) is 31.5. The number of rotatable bonds is 7. The summed E-state index contributed by atoms with van der Waals surface area (Å²) in [6, 6.07) is 0.0490. The van der Waals surface area contributed by atoms with E-state index in [4.69, 9.17) is 10.5 Å². The van der Waals surface area contributed by atoms with E-state index in [1.54, 1.807) is 0 Å². The molecular weight excluding hydrogens is 375 g/mol. The number of hydrogen-bond acceptors (Lipinski definition) is 6. The SMILES string of the molecule is NC(=O)c1cnc(N[C@H]2CC[C@H](OCC(F)(F)F)CC2)nc1NC12CC(C1)C2. The van der Waals surface area contributed by atoms with Gasteiger partial charge in [-0.05, 0) is 50.9 Å². The Labute approximate surface area is 160 Å². The van der Waals surface area contributed by atoms with Crippen molar-refractivity contribution in [2.75, 3.05) is 17.2 Å². The summed E-state index contributed by atoms with van der Waals surface area (Å²) < 4.78 is 41.7. The van der Waals surface area contributed by atoms with Crippen LogP contribution in [0.25, 0.3) is 0 Å². The number of nitrogens with two attached hydrogens (primary N) is 1. The van der Waals surface area contributed by atoms with E-state index in [1.807, 2.05) is 0 Å². The molecule has 0 aliphatic heterocycles. The molecule has 4 fully saturated rings. The molecular formula is C18H24F3N5O2. The Hall–Kier alpha value is -2.10. The molecule has 0 radical (unpaired) electrons. The molecule has 4 aliphatic carbocycles. The number of halogens is 3. The molecule has 4 aliphatic rings. The topological polar surface area (TPSA) is 102 Å². The maximum Gasteiger partial charge on any atom is 0.411 e. The number of amides is 1. The second kappa shape index (κ2) is 7.06. The summed E-state index contributed by atoms with van der Waals surface area (Å²) in [5, 5.41) is 6.59. The zero-order valence-corrected chi connectivity index (χ0v) is 15.4. The third-order valence-corrected chi connectivity index (χ3v) is 5.97. The number of nitrogens with zero attached hydrogens (tertiary/aromatic N) is 2. The van der Waals surface area contributed by atoms with E-state index in [0.717, 1.165) is 25.2 Å². The van der Waals surface area contributed by atoms with Crippen molar-refractivity contribution in [1.82, 2.24) is 9.97 Å². The molecule has 0 saturated heterocycles. The number of hydrogen-bond donors (Lipinski definition) is 3. The molecule has 1 aromatic rings. The number of nitrogens with one attached hydrogen (secondary N) is 2. The van der Waals surface area contributed by atoms with E-state index in [9.17, 15) is 18.0 Å². The molecule has 1 heterocycles. The average molecular weight is 399 g/mol. The number of carbonyl (C=O) groups excluding carboxylic acids is 1. The Balaban J connectivity index is 1.34. The van der Waals surface area contributed by atoms with Crippen LogP contribution >= 0.6 is 0 Å². The van der Waals surface area contributed by atoms with Crippen LogP contribution in [0.4, 0.5) is 24.9 Å². The number of alkyl halides is 3. The highest BCUT2D eigenvalue weighted by atomic mass is 19.4. The van der Waals surface area contributed by atoms with Crippen molar-refractivity contribution in [2.45, 2.75) is 68.8 Å². The molecule has 4 saturated carbocycles.